The summed E-state index contributed by atoms with van der Waals surface area (Å²) in [6, 6.07) is 0.183. The molecule has 0 aliphatic carbocycles. The number of aromatic nitrogens is 2. The van der Waals surface area contributed by atoms with E-state index in [-0.39, 0.29) is 11.9 Å². The van der Waals surface area contributed by atoms with Crippen molar-refractivity contribution in [2.24, 2.45) is 0 Å². The van der Waals surface area contributed by atoms with Crippen molar-refractivity contribution in [2.75, 3.05) is 18.5 Å². The molecule has 1 aliphatic rings. The van der Waals surface area contributed by atoms with Gasteiger partial charge in [-0.3, -0.25) is 4.79 Å². The summed E-state index contributed by atoms with van der Waals surface area (Å²) in [6.07, 6.45) is 2.96. The van der Waals surface area contributed by atoms with E-state index >= 15 is 0 Å². The Hall–Kier alpha value is -1.85. The number of carbonyl (C=O) groups is 1. The minimum atomic E-state index is 0.121. The number of amides is 1. The molecule has 1 aromatic rings. The van der Waals surface area contributed by atoms with Crippen LogP contribution in [0.5, 0.6) is 5.88 Å². The van der Waals surface area contributed by atoms with Gasteiger partial charge in [0.15, 0.2) is 0 Å². The third-order valence-electron chi connectivity index (χ3n) is 2.92. The third-order valence-corrected chi connectivity index (χ3v) is 2.92. The Bertz CT molecular complexity index is 436. The number of hydrogen-bond acceptors (Lipinski definition) is 5. The molecule has 18 heavy (non-hydrogen) atoms. The zero-order chi connectivity index (χ0) is 13.0. The Kier molecular flexibility index (Phi) is 3.96. The van der Waals surface area contributed by atoms with Crippen molar-refractivity contribution in [2.45, 2.75) is 32.7 Å². The highest BCUT2D eigenvalue weighted by atomic mass is 16.5. The molecule has 1 aromatic heterocycles. The minimum Gasteiger partial charge on any atom is -0.478 e. The summed E-state index contributed by atoms with van der Waals surface area (Å²) in [5.41, 5.74) is 0.892. The van der Waals surface area contributed by atoms with Crippen molar-refractivity contribution in [3.63, 3.8) is 0 Å². The van der Waals surface area contributed by atoms with Gasteiger partial charge in [-0.25, -0.2) is 9.97 Å². The van der Waals surface area contributed by atoms with Crippen molar-refractivity contribution in [3.05, 3.63) is 11.9 Å². The van der Waals surface area contributed by atoms with Crippen LogP contribution in [0, 0.1) is 6.92 Å². The molecule has 6 nitrogen and oxygen atoms in total. The van der Waals surface area contributed by atoms with Gasteiger partial charge in [0.1, 0.15) is 12.1 Å². The van der Waals surface area contributed by atoms with Crippen LogP contribution in [0.3, 0.4) is 0 Å². The SMILES string of the molecule is CCOc1ncnc(NCC2CCC(=O)N2)c1C. The molecule has 0 radical (unpaired) electrons. The predicted octanol–water partition coefficient (Wildman–Crippen LogP) is 0.874. The molecule has 2 heterocycles. The van der Waals surface area contributed by atoms with Crippen LogP contribution in [0.2, 0.25) is 0 Å². The molecule has 1 unspecified atom stereocenters. The van der Waals surface area contributed by atoms with Gasteiger partial charge in [0.2, 0.25) is 11.8 Å². The fourth-order valence-corrected chi connectivity index (χ4v) is 1.94. The Labute approximate surface area is 106 Å². The van der Waals surface area contributed by atoms with Gasteiger partial charge in [0.25, 0.3) is 0 Å². The highest BCUT2D eigenvalue weighted by molar-refractivity contribution is 5.78. The van der Waals surface area contributed by atoms with Crippen LogP contribution in [-0.2, 0) is 4.79 Å². The van der Waals surface area contributed by atoms with Gasteiger partial charge in [-0.2, -0.15) is 0 Å². The van der Waals surface area contributed by atoms with Crippen molar-refractivity contribution in [1.29, 1.82) is 0 Å². The average molecular weight is 250 g/mol. The Morgan fingerprint density at radius 3 is 3.06 bits per heavy atom. The largest absolute Gasteiger partial charge is 0.478 e. The topological polar surface area (TPSA) is 76.1 Å². The Balaban J connectivity index is 1.96. The monoisotopic (exact) mass is 250 g/mol. The zero-order valence-electron chi connectivity index (χ0n) is 10.7. The lowest BCUT2D eigenvalue weighted by atomic mass is 10.2. The molecule has 1 saturated heterocycles. The van der Waals surface area contributed by atoms with E-state index in [0.717, 1.165) is 17.8 Å². The van der Waals surface area contributed by atoms with Crippen LogP contribution < -0.4 is 15.4 Å². The van der Waals surface area contributed by atoms with E-state index in [1.165, 1.54) is 6.33 Å². The molecule has 0 bridgehead atoms. The lowest BCUT2D eigenvalue weighted by Crippen LogP contribution is -2.32. The van der Waals surface area contributed by atoms with Crippen molar-refractivity contribution >= 4 is 11.7 Å². The summed E-state index contributed by atoms with van der Waals surface area (Å²) in [4.78, 5) is 19.4. The van der Waals surface area contributed by atoms with Gasteiger partial charge in [-0.1, -0.05) is 0 Å². The van der Waals surface area contributed by atoms with E-state index < -0.39 is 0 Å². The van der Waals surface area contributed by atoms with E-state index in [0.29, 0.717) is 25.5 Å². The maximum Gasteiger partial charge on any atom is 0.221 e. The number of nitrogens with zero attached hydrogens (tertiary/aromatic N) is 2. The highest BCUT2D eigenvalue weighted by Gasteiger charge is 2.20. The molecule has 98 valence electrons. The minimum absolute atomic E-state index is 0.121. The molecule has 0 aromatic carbocycles. The second-order valence-electron chi connectivity index (χ2n) is 4.27. The Morgan fingerprint density at radius 2 is 2.39 bits per heavy atom. The fourth-order valence-electron chi connectivity index (χ4n) is 1.94. The van der Waals surface area contributed by atoms with Crippen LogP contribution in [0.25, 0.3) is 0 Å². The van der Waals surface area contributed by atoms with Gasteiger partial charge in [0.05, 0.1) is 12.2 Å². The molecule has 2 N–H and O–H groups in total. The van der Waals surface area contributed by atoms with Crippen LogP contribution >= 0.6 is 0 Å². The standard InChI is InChI=1S/C12H18N4O2/c1-3-18-12-8(2)11(14-7-15-12)13-6-9-4-5-10(17)16-9/h7,9H,3-6H2,1-2H3,(H,16,17)(H,13,14,15). The molecule has 0 spiro atoms. The fraction of sp³-hybridized carbons (Fsp3) is 0.583. The number of ether oxygens (including phenoxy) is 1. The molecule has 0 saturated carbocycles. The smallest absolute Gasteiger partial charge is 0.221 e. The lowest BCUT2D eigenvalue weighted by Gasteiger charge is -2.14. The van der Waals surface area contributed by atoms with E-state index in [2.05, 4.69) is 20.6 Å². The van der Waals surface area contributed by atoms with Gasteiger partial charge in [-0.05, 0) is 20.3 Å². The predicted molar refractivity (Wildman–Crippen MR) is 67.6 cm³/mol. The van der Waals surface area contributed by atoms with E-state index in [1.54, 1.807) is 0 Å². The quantitative estimate of drug-likeness (QED) is 0.811. The molecule has 1 atom stereocenters. The average Bonchev–Trinajstić information content (AvgIpc) is 2.77. The Morgan fingerprint density at radius 1 is 1.56 bits per heavy atom. The summed E-state index contributed by atoms with van der Waals surface area (Å²) in [7, 11) is 0. The van der Waals surface area contributed by atoms with Crippen LogP contribution in [0.1, 0.15) is 25.3 Å². The summed E-state index contributed by atoms with van der Waals surface area (Å²) < 4.78 is 5.41. The number of nitrogens with one attached hydrogen (secondary N) is 2. The highest BCUT2D eigenvalue weighted by Crippen LogP contribution is 2.20. The molecule has 2 rings (SSSR count). The summed E-state index contributed by atoms with van der Waals surface area (Å²) in [5.74, 6) is 1.48. The first kappa shape index (κ1) is 12.6. The number of rotatable bonds is 5. The van der Waals surface area contributed by atoms with E-state index in [9.17, 15) is 4.79 Å². The number of carbonyl (C=O) groups excluding carboxylic acids is 1. The van der Waals surface area contributed by atoms with E-state index in [1.807, 2.05) is 13.8 Å². The van der Waals surface area contributed by atoms with Crippen molar-refractivity contribution in [1.82, 2.24) is 15.3 Å². The molecular weight excluding hydrogens is 232 g/mol. The first-order valence-electron chi connectivity index (χ1n) is 6.18. The molecule has 1 amide bonds. The first-order valence-corrected chi connectivity index (χ1v) is 6.18. The first-order chi connectivity index (χ1) is 8.70. The van der Waals surface area contributed by atoms with Gasteiger partial charge in [-0.15, -0.1) is 0 Å². The molecule has 1 aliphatic heterocycles. The van der Waals surface area contributed by atoms with E-state index in [4.69, 9.17) is 4.74 Å². The number of anilines is 1. The third kappa shape index (κ3) is 2.88. The molecule has 6 heteroatoms. The van der Waals surface area contributed by atoms with Crippen molar-refractivity contribution in [3.8, 4) is 5.88 Å². The summed E-state index contributed by atoms with van der Waals surface area (Å²) in [5, 5.41) is 6.14. The maximum atomic E-state index is 11.1. The zero-order valence-corrected chi connectivity index (χ0v) is 10.7. The maximum absolute atomic E-state index is 11.1. The second-order valence-corrected chi connectivity index (χ2v) is 4.27. The van der Waals surface area contributed by atoms with Crippen LogP contribution in [0.15, 0.2) is 6.33 Å². The van der Waals surface area contributed by atoms with Gasteiger partial charge in [0, 0.05) is 19.0 Å². The number of hydrogen-bond donors (Lipinski definition) is 2. The second kappa shape index (κ2) is 5.66. The van der Waals surface area contributed by atoms with Gasteiger partial charge < -0.3 is 15.4 Å². The summed E-state index contributed by atoms with van der Waals surface area (Å²) in [6.45, 7) is 5.09. The molecule has 1 fully saturated rings. The van der Waals surface area contributed by atoms with Crippen molar-refractivity contribution < 1.29 is 9.53 Å². The van der Waals surface area contributed by atoms with Crippen LogP contribution in [0.4, 0.5) is 5.82 Å². The molecular formula is C12H18N4O2. The lowest BCUT2D eigenvalue weighted by molar-refractivity contribution is -0.119. The normalized spacial score (nSPS) is 18.6. The van der Waals surface area contributed by atoms with Crippen LogP contribution in [-0.4, -0.2) is 35.1 Å². The van der Waals surface area contributed by atoms with Gasteiger partial charge >= 0.3 is 0 Å². The summed E-state index contributed by atoms with van der Waals surface area (Å²) >= 11 is 0.